The lowest BCUT2D eigenvalue weighted by Crippen LogP contribution is -2.40. The van der Waals surface area contributed by atoms with Crippen molar-refractivity contribution in [2.24, 2.45) is 17.8 Å². The molecule has 0 saturated heterocycles. The van der Waals surface area contributed by atoms with Crippen LogP contribution >= 0.6 is 11.8 Å². The number of fused-ring (bicyclic) bond motifs is 2. The topological polar surface area (TPSA) is 85.1 Å². The van der Waals surface area contributed by atoms with Crippen LogP contribution < -0.4 is 5.32 Å². The second-order valence-corrected chi connectivity index (χ2v) is 9.29. The number of ketones is 1. The van der Waals surface area contributed by atoms with Gasteiger partial charge in [0.2, 0.25) is 5.91 Å². The van der Waals surface area contributed by atoms with Gasteiger partial charge in [0, 0.05) is 6.04 Å². The molecule has 2 heterocycles. The van der Waals surface area contributed by atoms with Crippen molar-refractivity contribution in [3.05, 3.63) is 29.7 Å². The lowest BCUT2D eigenvalue weighted by atomic mass is 9.84. The molecule has 2 bridgehead atoms. The molecule has 29 heavy (non-hydrogen) atoms. The summed E-state index contributed by atoms with van der Waals surface area (Å²) in [7, 11) is 0. The van der Waals surface area contributed by atoms with Crippen LogP contribution in [0.4, 0.5) is 0 Å². The van der Waals surface area contributed by atoms with E-state index in [0.717, 1.165) is 11.8 Å². The largest absolute Gasteiger partial charge is 0.461 e. The van der Waals surface area contributed by atoms with Gasteiger partial charge in [-0.2, -0.15) is 0 Å². The Morgan fingerprint density at radius 1 is 1.31 bits per heavy atom. The minimum absolute atomic E-state index is 0.0180. The molecule has 0 unspecified atom stereocenters. The van der Waals surface area contributed by atoms with Crippen molar-refractivity contribution >= 4 is 23.5 Å². The molecule has 7 heteroatoms. The van der Waals surface area contributed by atoms with E-state index in [2.05, 4.69) is 22.2 Å². The van der Waals surface area contributed by atoms with Crippen LogP contribution in [0.3, 0.4) is 0 Å². The fraction of sp³-hybridized carbons (Fsp3) is 0.545. The van der Waals surface area contributed by atoms with E-state index in [1.165, 1.54) is 44.4 Å². The number of nitrogens with zero attached hydrogens (tertiary/aromatic N) is 2. The first-order valence-corrected chi connectivity index (χ1v) is 11.3. The van der Waals surface area contributed by atoms with Crippen molar-refractivity contribution in [3.63, 3.8) is 0 Å². The average Bonchev–Trinajstić information content (AvgIpc) is 3.43. The number of hydrogen-bond donors (Lipinski definition) is 1. The summed E-state index contributed by atoms with van der Waals surface area (Å²) in [5, 5.41) is 3.70. The summed E-state index contributed by atoms with van der Waals surface area (Å²) in [6, 6.07) is 3.74. The van der Waals surface area contributed by atoms with Gasteiger partial charge in [-0.1, -0.05) is 18.2 Å². The van der Waals surface area contributed by atoms with E-state index in [0.29, 0.717) is 33.8 Å². The average molecular weight is 414 g/mol. The van der Waals surface area contributed by atoms with E-state index < -0.39 is 0 Å². The molecular formula is C22H27N3O3S. The Kier molecular flexibility index (Phi) is 5.76. The van der Waals surface area contributed by atoms with Gasteiger partial charge in [-0.05, 0) is 69.9 Å². The number of aryl methyl sites for hydroxylation is 1. The van der Waals surface area contributed by atoms with E-state index in [1.807, 2.05) is 0 Å². The summed E-state index contributed by atoms with van der Waals surface area (Å²) in [6.07, 6.45) is 6.80. The van der Waals surface area contributed by atoms with Gasteiger partial charge in [-0.25, -0.2) is 9.97 Å². The summed E-state index contributed by atoms with van der Waals surface area (Å²) < 4.78 is 5.39. The van der Waals surface area contributed by atoms with Crippen LogP contribution in [0, 0.1) is 24.7 Å². The van der Waals surface area contributed by atoms with Gasteiger partial charge in [0.05, 0.1) is 23.3 Å². The highest BCUT2D eigenvalue weighted by Gasteiger charge is 2.42. The maximum Gasteiger partial charge on any atom is 0.230 e. The zero-order valence-electron chi connectivity index (χ0n) is 17.1. The molecule has 0 radical (unpaired) electrons. The fourth-order valence-corrected chi connectivity index (χ4v) is 5.95. The SMILES string of the molecule is CC(=O)c1c(C)nc(-c2ccco2)nc1SCC(=O)N[C@@H](C)[C@@H]1C[C@H]2CC[C@H]1C2. The van der Waals surface area contributed by atoms with Crippen LogP contribution in [0.15, 0.2) is 27.8 Å². The van der Waals surface area contributed by atoms with Crippen LogP contribution in [0.1, 0.15) is 55.6 Å². The number of furan rings is 1. The standard InChI is InChI=1S/C22H27N3O3S/c1-12(17-10-15-6-7-16(17)9-15)23-19(27)11-29-22-20(14(3)26)13(2)24-21(25-22)18-5-4-8-28-18/h4-5,8,12,15-17H,6-7,9-11H2,1-3H3,(H,23,27)/t12-,15-,16-,17-/m0/s1. The van der Waals surface area contributed by atoms with Gasteiger partial charge in [0.1, 0.15) is 5.03 Å². The monoisotopic (exact) mass is 413 g/mol. The van der Waals surface area contributed by atoms with Gasteiger partial charge in [0.25, 0.3) is 0 Å². The summed E-state index contributed by atoms with van der Waals surface area (Å²) >= 11 is 1.28. The molecule has 154 valence electrons. The van der Waals surface area contributed by atoms with Crippen LogP contribution in [0.25, 0.3) is 11.6 Å². The van der Waals surface area contributed by atoms with Gasteiger partial charge in [0.15, 0.2) is 17.4 Å². The minimum atomic E-state index is -0.105. The quantitative estimate of drug-likeness (QED) is 0.414. The Morgan fingerprint density at radius 3 is 2.76 bits per heavy atom. The van der Waals surface area contributed by atoms with E-state index >= 15 is 0 Å². The van der Waals surface area contributed by atoms with Crippen molar-refractivity contribution < 1.29 is 14.0 Å². The van der Waals surface area contributed by atoms with Crippen molar-refractivity contribution in [1.82, 2.24) is 15.3 Å². The Hall–Kier alpha value is -2.15. The van der Waals surface area contributed by atoms with E-state index in [9.17, 15) is 9.59 Å². The van der Waals surface area contributed by atoms with Gasteiger partial charge in [-0.3, -0.25) is 9.59 Å². The number of carbonyl (C=O) groups is 2. The zero-order chi connectivity index (χ0) is 20.5. The lowest BCUT2D eigenvalue weighted by Gasteiger charge is -2.28. The molecule has 4 rings (SSSR count). The second kappa shape index (κ2) is 8.30. The van der Waals surface area contributed by atoms with Gasteiger partial charge >= 0.3 is 0 Å². The Morgan fingerprint density at radius 2 is 2.14 bits per heavy atom. The summed E-state index contributed by atoms with van der Waals surface area (Å²) in [5.41, 5.74) is 1.07. The number of aromatic nitrogens is 2. The number of thioether (sulfide) groups is 1. The maximum absolute atomic E-state index is 12.6. The van der Waals surface area contributed by atoms with Crippen molar-refractivity contribution in [2.75, 3.05) is 5.75 Å². The molecular weight excluding hydrogens is 386 g/mol. The third kappa shape index (κ3) is 4.25. The number of rotatable bonds is 7. The molecule has 6 nitrogen and oxygen atoms in total. The summed E-state index contributed by atoms with van der Waals surface area (Å²) in [4.78, 5) is 33.6. The van der Waals surface area contributed by atoms with Gasteiger partial charge in [-0.15, -0.1) is 0 Å². The normalized spacial score (nSPS) is 23.9. The van der Waals surface area contributed by atoms with E-state index in [4.69, 9.17) is 4.42 Å². The predicted molar refractivity (Wildman–Crippen MR) is 112 cm³/mol. The highest BCUT2D eigenvalue weighted by Crippen LogP contribution is 2.49. The first-order chi connectivity index (χ1) is 13.9. The number of amides is 1. The lowest BCUT2D eigenvalue weighted by molar-refractivity contribution is -0.119. The third-order valence-electron chi connectivity index (χ3n) is 6.31. The molecule has 2 fully saturated rings. The molecule has 0 aliphatic heterocycles. The smallest absolute Gasteiger partial charge is 0.230 e. The Balaban J connectivity index is 1.44. The number of hydrogen-bond acceptors (Lipinski definition) is 6. The highest BCUT2D eigenvalue weighted by molar-refractivity contribution is 8.00. The van der Waals surface area contributed by atoms with E-state index in [-0.39, 0.29) is 23.5 Å². The van der Waals surface area contributed by atoms with Gasteiger partial charge < -0.3 is 9.73 Å². The van der Waals surface area contributed by atoms with Crippen molar-refractivity contribution in [3.8, 4) is 11.6 Å². The molecule has 2 aliphatic carbocycles. The fourth-order valence-electron chi connectivity index (χ4n) is 5.02. The van der Waals surface area contributed by atoms with Crippen LogP contribution in [-0.4, -0.2) is 33.5 Å². The Labute approximate surface area is 175 Å². The summed E-state index contributed by atoms with van der Waals surface area (Å²) in [5.74, 6) is 3.30. The molecule has 1 amide bonds. The molecule has 2 aromatic heterocycles. The summed E-state index contributed by atoms with van der Waals surface area (Å²) in [6.45, 7) is 5.41. The first-order valence-electron chi connectivity index (χ1n) is 10.3. The molecule has 2 aromatic rings. The molecule has 2 aliphatic rings. The van der Waals surface area contributed by atoms with Crippen molar-refractivity contribution in [2.45, 2.75) is 57.5 Å². The maximum atomic E-state index is 12.6. The van der Waals surface area contributed by atoms with Crippen LogP contribution in [0.2, 0.25) is 0 Å². The molecule has 1 N–H and O–H groups in total. The number of carbonyl (C=O) groups excluding carboxylic acids is 2. The van der Waals surface area contributed by atoms with Crippen LogP contribution in [0.5, 0.6) is 0 Å². The van der Waals surface area contributed by atoms with Crippen molar-refractivity contribution in [1.29, 1.82) is 0 Å². The number of Topliss-reactive ketones (excluding diaryl/α,β-unsaturated/α-hetero) is 1. The van der Waals surface area contributed by atoms with E-state index in [1.54, 1.807) is 25.3 Å². The number of nitrogens with one attached hydrogen (secondary N) is 1. The van der Waals surface area contributed by atoms with Crippen LogP contribution in [-0.2, 0) is 4.79 Å². The molecule has 0 aromatic carbocycles. The first kappa shape index (κ1) is 20.1. The molecule has 4 atom stereocenters. The third-order valence-corrected chi connectivity index (χ3v) is 7.29. The molecule has 2 saturated carbocycles. The zero-order valence-corrected chi connectivity index (χ0v) is 17.9. The minimum Gasteiger partial charge on any atom is -0.461 e. The second-order valence-electron chi connectivity index (χ2n) is 8.33. The Bertz CT molecular complexity index is 912. The molecule has 0 spiro atoms. The predicted octanol–water partition coefficient (Wildman–Crippen LogP) is 4.28. The highest BCUT2D eigenvalue weighted by atomic mass is 32.2.